The third kappa shape index (κ3) is 11.4. The minimum Gasteiger partial charge on any atom is -0.480 e. The zero-order chi connectivity index (χ0) is 17.8. The molecule has 12 nitrogen and oxygen atoms in total. The minimum absolute atomic E-state index is 0.0381. The van der Waals surface area contributed by atoms with Crippen LogP contribution in [-0.4, -0.2) is 47.5 Å². The highest BCUT2D eigenvalue weighted by Crippen LogP contribution is 1.95. The van der Waals surface area contributed by atoms with Crippen molar-refractivity contribution in [3.05, 3.63) is 0 Å². The molecule has 0 aliphatic carbocycles. The molecule has 0 unspecified atom stereocenters. The van der Waals surface area contributed by atoms with Gasteiger partial charge in [0, 0.05) is 13.0 Å². The van der Waals surface area contributed by atoms with Crippen LogP contribution in [-0.2, 0) is 14.4 Å². The van der Waals surface area contributed by atoms with Gasteiger partial charge in [-0.2, -0.15) is 0 Å². The molecule has 0 aliphatic rings. The summed E-state index contributed by atoms with van der Waals surface area (Å²) in [4.78, 5) is 48.0. The van der Waals surface area contributed by atoms with Gasteiger partial charge in [-0.3, -0.25) is 30.1 Å². The largest absolute Gasteiger partial charge is 0.480 e. The maximum absolute atomic E-state index is 11.4. The van der Waals surface area contributed by atoms with E-state index in [1.807, 2.05) is 10.7 Å². The van der Waals surface area contributed by atoms with E-state index in [2.05, 4.69) is 10.4 Å². The summed E-state index contributed by atoms with van der Waals surface area (Å²) >= 11 is 0. The maximum Gasteiger partial charge on any atom is 0.335 e. The van der Waals surface area contributed by atoms with Crippen molar-refractivity contribution in [2.24, 2.45) is 22.2 Å². The smallest absolute Gasteiger partial charge is 0.335 e. The van der Waals surface area contributed by atoms with Crippen LogP contribution < -0.4 is 33.4 Å². The second-order valence-electron chi connectivity index (χ2n) is 4.47. The average molecular weight is 331 g/mol. The van der Waals surface area contributed by atoms with E-state index in [-0.39, 0.29) is 12.4 Å². The highest BCUT2D eigenvalue weighted by molar-refractivity contribution is 5.94. The molecule has 130 valence electrons. The van der Waals surface area contributed by atoms with Crippen LogP contribution in [0.1, 0.15) is 25.7 Å². The molecule has 0 bridgehead atoms. The number of carboxylic acids is 1. The van der Waals surface area contributed by atoms with E-state index in [4.69, 9.17) is 22.3 Å². The fourth-order valence-corrected chi connectivity index (χ4v) is 1.38. The summed E-state index contributed by atoms with van der Waals surface area (Å²) in [5.41, 5.74) is 19.2. The molecule has 4 amide bonds. The summed E-state index contributed by atoms with van der Waals surface area (Å²) in [5.74, 6) is -2.83. The molecule has 0 spiro atoms. The number of urea groups is 1. The van der Waals surface area contributed by atoms with E-state index in [0.717, 1.165) is 0 Å². The fraction of sp³-hybridized carbons (Fsp3) is 0.545. The van der Waals surface area contributed by atoms with Crippen LogP contribution in [0.4, 0.5) is 4.79 Å². The summed E-state index contributed by atoms with van der Waals surface area (Å²) in [5, 5.41) is 10.8. The number of guanidine groups is 1. The zero-order valence-electron chi connectivity index (χ0n) is 12.4. The van der Waals surface area contributed by atoms with E-state index in [9.17, 15) is 19.2 Å². The lowest BCUT2D eigenvalue weighted by atomic mass is 10.2. The van der Waals surface area contributed by atoms with Gasteiger partial charge >= 0.3 is 12.0 Å². The van der Waals surface area contributed by atoms with Crippen LogP contribution in [0.2, 0.25) is 0 Å². The summed E-state index contributed by atoms with van der Waals surface area (Å²) in [7, 11) is 0. The monoisotopic (exact) mass is 331 g/mol. The van der Waals surface area contributed by atoms with Gasteiger partial charge in [0.05, 0.1) is 6.42 Å². The van der Waals surface area contributed by atoms with Crippen molar-refractivity contribution >= 4 is 29.8 Å². The predicted octanol–water partition coefficient (Wildman–Crippen LogP) is -2.91. The second kappa shape index (κ2) is 10.8. The van der Waals surface area contributed by atoms with E-state index in [0.29, 0.717) is 19.4 Å². The number of unbranched alkanes of at least 4 members (excludes halogenated alkanes) is 1. The summed E-state index contributed by atoms with van der Waals surface area (Å²) < 4.78 is 0. The standard InChI is InChI=1S/C11H21N7O5/c12-7(19)5-6(9(21)22)17-18-11(23)16-8(20)3-1-2-4-15-10(13)14/h6,17H,1-5H2,(H2,12,19)(H,21,22)(H4,13,14,15)(H2,16,18,20,23)/t6-/m0/s1. The number of carboxylic acid groups (broad SMARTS) is 1. The third-order valence-corrected chi connectivity index (χ3v) is 2.42. The van der Waals surface area contributed by atoms with Crippen LogP contribution in [0.5, 0.6) is 0 Å². The SMILES string of the molecule is NC(=O)C[C@H](NNC(=O)NC(=O)CCCCN=C(N)N)C(=O)O. The van der Waals surface area contributed by atoms with Crippen LogP contribution >= 0.6 is 0 Å². The van der Waals surface area contributed by atoms with Crippen molar-refractivity contribution < 1.29 is 24.3 Å². The zero-order valence-corrected chi connectivity index (χ0v) is 12.4. The Morgan fingerprint density at radius 3 is 2.26 bits per heavy atom. The Balaban J connectivity index is 3.99. The quantitative estimate of drug-likeness (QED) is 0.0950. The number of aliphatic imine (C=N–C) groups is 1. The number of nitrogens with one attached hydrogen (secondary N) is 3. The number of rotatable bonds is 10. The van der Waals surface area contributed by atoms with Crippen molar-refractivity contribution in [3.8, 4) is 0 Å². The number of carbonyl (C=O) groups is 4. The Bertz CT molecular complexity index is 475. The van der Waals surface area contributed by atoms with Crippen LogP contribution in [0.3, 0.4) is 0 Å². The average Bonchev–Trinajstić information content (AvgIpc) is 2.41. The summed E-state index contributed by atoms with van der Waals surface area (Å²) in [6.45, 7) is 0.372. The van der Waals surface area contributed by atoms with E-state index in [1.165, 1.54) is 0 Å². The molecule has 0 aromatic heterocycles. The predicted molar refractivity (Wildman–Crippen MR) is 79.6 cm³/mol. The van der Waals surface area contributed by atoms with Crippen molar-refractivity contribution in [2.75, 3.05) is 6.54 Å². The van der Waals surface area contributed by atoms with Gasteiger partial charge in [0.1, 0.15) is 6.04 Å². The molecular formula is C11H21N7O5. The number of carbonyl (C=O) groups excluding carboxylic acids is 3. The maximum atomic E-state index is 11.4. The van der Waals surface area contributed by atoms with Gasteiger partial charge in [-0.15, -0.1) is 0 Å². The van der Waals surface area contributed by atoms with E-state index in [1.54, 1.807) is 0 Å². The van der Waals surface area contributed by atoms with Crippen molar-refractivity contribution in [3.63, 3.8) is 0 Å². The lowest BCUT2D eigenvalue weighted by molar-refractivity contribution is -0.141. The Kier molecular flexibility index (Phi) is 9.43. The van der Waals surface area contributed by atoms with Crippen molar-refractivity contribution in [2.45, 2.75) is 31.7 Å². The number of amides is 4. The van der Waals surface area contributed by atoms with Gasteiger partial charge in [-0.25, -0.2) is 10.2 Å². The number of hydrazine groups is 1. The van der Waals surface area contributed by atoms with Crippen LogP contribution in [0, 0.1) is 0 Å². The number of nitrogens with two attached hydrogens (primary N) is 3. The van der Waals surface area contributed by atoms with Crippen molar-refractivity contribution in [1.82, 2.24) is 16.2 Å². The van der Waals surface area contributed by atoms with Crippen LogP contribution in [0.25, 0.3) is 0 Å². The molecule has 0 aromatic carbocycles. The lowest BCUT2D eigenvalue weighted by Gasteiger charge is -2.13. The van der Waals surface area contributed by atoms with E-state index >= 15 is 0 Å². The molecular weight excluding hydrogens is 310 g/mol. The van der Waals surface area contributed by atoms with Crippen molar-refractivity contribution in [1.29, 1.82) is 0 Å². The third-order valence-electron chi connectivity index (χ3n) is 2.42. The van der Waals surface area contributed by atoms with Crippen LogP contribution in [0.15, 0.2) is 4.99 Å². The molecule has 0 aromatic rings. The first kappa shape index (κ1) is 20.1. The molecule has 23 heavy (non-hydrogen) atoms. The first-order valence-corrected chi connectivity index (χ1v) is 6.64. The Labute approximate surface area is 131 Å². The Morgan fingerprint density at radius 1 is 1.09 bits per heavy atom. The number of hydrogen-bond acceptors (Lipinski definition) is 6. The highest BCUT2D eigenvalue weighted by atomic mass is 16.4. The first-order valence-electron chi connectivity index (χ1n) is 6.64. The fourth-order valence-electron chi connectivity index (χ4n) is 1.38. The number of primary amides is 1. The highest BCUT2D eigenvalue weighted by Gasteiger charge is 2.20. The molecule has 0 saturated heterocycles. The van der Waals surface area contributed by atoms with Gasteiger partial charge in [0.25, 0.3) is 0 Å². The Hall–Kier alpha value is -2.89. The molecule has 0 saturated carbocycles. The summed E-state index contributed by atoms with van der Waals surface area (Å²) in [6.07, 6.45) is 0.569. The number of hydrogen-bond donors (Lipinski definition) is 7. The lowest BCUT2D eigenvalue weighted by Crippen LogP contribution is -2.53. The molecule has 0 rings (SSSR count). The van der Waals surface area contributed by atoms with E-state index < -0.39 is 36.3 Å². The topological polar surface area (TPSA) is 215 Å². The molecule has 12 heteroatoms. The molecule has 0 fully saturated rings. The van der Waals surface area contributed by atoms with Gasteiger partial charge < -0.3 is 22.3 Å². The molecule has 0 heterocycles. The van der Waals surface area contributed by atoms with Gasteiger partial charge in [0.15, 0.2) is 5.96 Å². The molecule has 1 atom stereocenters. The van der Waals surface area contributed by atoms with Gasteiger partial charge in [0.2, 0.25) is 11.8 Å². The Morgan fingerprint density at radius 2 is 1.74 bits per heavy atom. The normalized spacial score (nSPS) is 11.1. The molecule has 0 radical (unpaired) electrons. The first-order chi connectivity index (χ1) is 10.7. The summed E-state index contributed by atoms with van der Waals surface area (Å²) in [6, 6.07) is -2.34. The second-order valence-corrected chi connectivity index (χ2v) is 4.47. The number of nitrogens with zero attached hydrogens (tertiary/aromatic N) is 1. The minimum atomic E-state index is -1.40. The number of imide groups is 1. The molecule has 10 N–H and O–H groups in total. The number of aliphatic carboxylic acids is 1. The van der Waals surface area contributed by atoms with Gasteiger partial charge in [-0.1, -0.05) is 0 Å². The molecule has 0 aliphatic heterocycles. The van der Waals surface area contributed by atoms with Gasteiger partial charge in [-0.05, 0) is 12.8 Å².